The molecule has 9 nitrogen and oxygen atoms in total. The van der Waals surface area contributed by atoms with Crippen molar-refractivity contribution in [3.8, 4) is 0 Å². The van der Waals surface area contributed by atoms with E-state index in [-0.39, 0.29) is 28.8 Å². The van der Waals surface area contributed by atoms with Crippen LogP contribution in [0.1, 0.15) is 18.7 Å². The van der Waals surface area contributed by atoms with E-state index in [1.54, 1.807) is 0 Å². The van der Waals surface area contributed by atoms with E-state index in [0.29, 0.717) is 5.89 Å². The molecule has 1 aliphatic carbocycles. The Hall–Kier alpha value is -1.82. The maximum atomic E-state index is 12.2. The van der Waals surface area contributed by atoms with Crippen molar-refractivity contribution < 1.29 is 21.4 Å². The third kappa shape index (κ3) is 4.17. The molecule has 0 spiro atoms. The van der Waals surface area contributed by atoms with Gasteiger partial charge in [-0.05, 0) is 37.1 Å². The summed E-state index contributed by atoms with van der Waals surface area (Å²) in [5, 5.41) is 3.43. The Morgan fingerprint density at radius 1 is 1.04 bits per heavy atom. The number of rotatable bonds is 8. The molecule has 0 radical (unpaired) electrons. The maximum Gasteiger partial charge on any atom is 0.240 e. The van der Waals surface area contributed by atoms with E-state index in [2.05, 4.69) is 19.6 Å². The first-order valence-corrected chi connectivity index (χ1v) is 10.2. The summed E-state index contributed by atoms with van der Waals surface area (Å²) in [5.74, 6) is 0.324. The lowest BCUT2D eigenvalue weighted by Crippen LogP contribution is -2.27. The maximum absolute atomic E-state index is 12.2. The molecule has 0 atom stereocenters. The SMILES string of the molecule is O=S(=O)(NCCc1ncno1)c1ccc(S(=O)(=O)NC2CC2)cc1. The Bertz CT molecular complexity index is 888. The van der Waals surface area contributed by atoms with E-state index in [4.69, 9.17) is 4.52 Å². The topological polar surface area (TPSA) is 131 Å². The summed E-state index contributed by atoms with van der Waals surface area (Å²) >= 11 is 0. The summed E-state index contributed by atoms with van der Waals surface area (Å²) in [6.07, 6.45) is 3.15. The van der Waals surface area contributed by atoms with Gasteiger partial charge in [-0.15, -0.1) is 0 Å². The molecule has 1 aliphatic rings. The predicted octanol–water partition coefficient (Wildman–Crippen LogP) is 0.0313. The number of benzene rings is 1. The monoisotopic (exact) mass is 372 g/mol. The van der Waals surface area contributed by atoms with Crippen LogP contribution >= 0.6 is 0 Å². The van der Waals surface area contributed by atoms with Crippen molar-refractivity contribution >= 4 is 20.0 Å². The minimum Gasteiger partial charge on any atom is -0.340 e. The lowest BCUT2D eigenvalue weighted by Gasteiger charge is -2.08. The lowest BCUT2D eigenvalue weighted by molar-refractivity contribution is 0.377. The third-order valence-corrected chi connectivity index (χ3v) is 6.39. The zero-order valence-electron chi connectivity index (χ0n) is 12.5. The molecular weight excluding hydrogens is 356 g/mol. The van der Waals surface area contributed by atoms with Crippen molar-refractivity contribution in [3.63, 3.8) is 0 Å². The van der Waals surface area contributed by atoms with Crippen LogP contribution in [-0.2, 0) is 26.5 Å². The van der Waals surface area contributed by atoms with E-state index in [0.717, 1.165) is 12.8 Å². The van der Waals surface area contributed by atoms with Crippen molar-refractivity contribution in [2.24, 2.45) is 0 Å². The van der Waals surface area contributed by atoms with Gasteiger partial charge in [-0.3, -0.25) is 0 Å². The molecule has 0 saturated heterocycles. The summed E-state index contributed by atoms with van der Waals surface area (Å²) in [4.78, 5) is 3.82. The van der Waals surface area contributed by atoms with Gasteiger partial charge in [-0.1, -0.05) is 5.16 Å². The van der Waals surface area contributed by atoms with Crippen LogP contribution in [-0.4, -0.2) is 39.6 Å². The largest absolute Gasteiger partial charge is 0.340 e. The number of nitrogens with one attached hydrogen (secondary N) is 2. The quantitative estimate of drug-likeness (QED) is 0.668. The second-order valence-electron chi connectivity index (χ2n) is 5.35. The summed E-state index contributed by atoms with van der Waals surface area (Å²) in [7, 11) is -7.34. The van der Waals surface area contributed by atoms with Crippen molar-refractivity contribution in [2.75, 3.05) is 6.54 Å². The van der Waals surface area contributed by atoms with Gasteiger partial charge in [-0.2, -0.15) is 4.98 Å². The Morgan fingerprint density at radius 3 is 2.21 bits per heavy atom. The highest BCUT2D eigenvalue weighted by molar-refractivity contribution is 7.90. The van der Waals surface area contributed by atoms with E-state index in [1.807, 2.05) is 0 Å². The number of sulfonamides is 2. The van der Waals surface area contributed by atoms with Gasteiger partial charge in [0.1, 0.15) is 0 Å². The van der Waals surface area contributed by atoms with Crippen LogP contribution in [0.2, 0.25) is 0 Å². The number of nitrogens with zero attached hydrogens (tertiary/aromatic N) is 2. The van der Waals surface area contributed by atoms with Crippen LogP contribution in [0, 0.1) is 0 Å². The van der Waals surface area contributed by atoms with Crippen LogP contribution in [0.3, 0.4) is 0 Å². The molecule has 1 fully saturated rings. The van der Waals surface area contributed by atoms with Gasteiger partial charge >= 0.3 is 0 Å². The van der Waals surface area contributed by atoms with Gasteiger partial charge in [-0.25, -0.2) is 26.3 Å². The highest BCUT2D eigenvalue weighted by Gasteiger charge is 2.28. The number of hydrogen-bond donors (Lipinski definition) is 2. The highest BCUT2D eigenvalue weighted by atomic mass is 32.2. The zero-order chi connectivity index (χ0) is 17.2. The Balaban J connectivity index is 1.65. The van der Waals surface area contributed by atoms with Crippen LogP contribution in [0.25, 0.3) is 0 Å². The van der Waals surface area contributed by atoms with E-state index in [1.165, 1.54) is 30.6 Å². The van der Waals surface area contributed by atoms with Gasteiger partial charge in [0.2, 0.25) is 25.9 Å². The van der Waals surface area contributed by atoms with Crippen LogP contribution < -0.4 is 9.44 Å². The van der Waals surface area contributed by atoms with Crippen molar-refractivity contribution in [1.29, 1.82) is 0 Å². The molecule has 11 heteroatoms. The second-order valence-corrected chi connectivity index (χ2v) is 8.83. The molecule has 2 aromatic rings. The standard InChI is InChI=1S/C13H16N4O5S2/c18-23(19,16-8-7-13-14-9-15-22-13)11-3-5-12(6-4-11)24(20,21)17-10-1-2-10/h3-6,9-10,16-17H,1-2,7-8H2. The van der Waals surface area contributed by atoms with Crippen LogP contribution in [0.15, 0.2) is 44.9 Å². The molecule has 2 N–H and O–H groups in total. The zero-order valence-corrected chi connectivity index (χ0v) is 14.2. The summed E-state index contributed by atoms with van der Waals surface area (Å²) in [6.45, 7) is 0.0911. The van der Waals surface area contributed by atoms with E-state index >= 15 is 0 Å². The molecular formula is C13H16N4O5S2. The Morgan fingerprint density at radius 2 is 1.67 bits per heavy atom. The number of aromatic nitrogens is 2. The fourth-order valence-corrected chi connectivity index (χ4v) is 4.31. The fraction of sp³-hybridized carbons (Fsp3) is 0.385. The Labute approximate surface area is 139 Å². The van der Waals surface area contributed by atoms with Gasteiger partial charge in [0, 0.05) is 19.0 Å². The molecule has 0 amide bonds. The summed E-state index contributed by atoms with van der Waals surface area (Å²) in [5.41, 5.74) is 0. The molecule has 24 heavy (non-hydrogen) atoms. The predicted molar refractivity (Wildman–Crippen MR) is 83.0 cm³/mol. The first-order chi connectivity index (χ1) is 11.4. The molecule has 3 rings (SSSR count). The van der Waals surface area contributed by atoms with Gasteiger partial charge < -0.3 is 4.52 Å². The van der Waals surface area contributed by atoms with Crippen LogP contribution in [0.4, 0.5) is 0 Å². The lowest BCUT2D eigenvalue weighted by atomic mass is 10.4. The highest BCUT2D eigenvalue weighted by Crippen LogP contribution is 2.22. The minimum absolute atomic E-state index is 0.00947. The van der Waals surface area contributed by atoms with Crippen LogP contribution in [0.5, 0.6) is 0 Å². The van der Waals surface area contributed by atoms with E-state index in [9.17, 15) is 16.8 Å². The summed E-state index contributed by atoms with van der Waals surface area (Å²) in [6, 6.07) is 5.06. The molecule has 130 valence electrons. The first-order valence-electron chi connectivity index (χ1n) is 7.24. The second kappa shape index (κ2) is 6.59. The van der Waals surface area contributed by atoms with Gasteiger partial charge in [0.25, 0.3) is 0 Å². The molecule has 0 aliphatic heterocycles. The first kappa shape index (κ1) is 17.0. The molecule has 1 aromatic heterocycles. The van der Waals surface area contributed by atoms with Gasteiger partial charge in [0.05, 0.1) is 9.79 Å². The normalized spacial score (nSPS) is 15.5. The molecule has 0 unspecified atom stereocenters. The van der Waals surface area contributed by atoms with E-state index < -0.39 is 20.0 Å². The molecule has 1 saturated carbocycles. The Kier molecular flexibility index (Phi) is 4.67. The van der Waals surface area contributed by atoms with Crippen molar-refractivity contribution in [1.82, 2.24) is 19.6 Å². The average molecular weight is 372 g/mol. The fourth-order valence-electron chi connectivity index (χ4n) is 1.97. The summed E-state index contributed by atoms with van der Waals surface area (Å²) < 4.78 is 58.1. The smallest absolute Gasteiger partial charge is 0.240 e. The molecule has 0 bridgehead atoms. The van der Waals surface area contributed by atoms with Gasteiger partial charge in [0.15, 0.2) is 6.33 Å². The average Bonchev–Trinajstić information content (AvgIpc) is 3.18. The minimum atomic E-state index is -3.74. The third-order valence-electron chi connectivity index (χ3n) is 3.38. The van der Waals surface area contributed by atoms with Crippen molar-refractivity contribution in [2.45, 2.75) is 35.1 Å². The molecule has 1 heterocycles. The van der Waals surface area contributed by atoms with Crippen molar-refractivity contribution in [3.05, 3.63) is 36.5 Å². The molecule has 1 aromatic carbocycles. The number of hydrogen-bond acceptors (Lipinski definition) is 7.